The predicted octanol–water partition coefficient (Wildman–Crippen LogP) is 2.08. The summed E-state index contributed by atoms with van der Waals surface area (Å²) in [5.41, 5.74) is 0.599. The van der Waals surface area contributed by atoms with Gasteiger partial charge in [-0.25, -0.2) is 9.78 Å². The molecule has 0 saturated carbocycles. The van der Waals surface area contributed by atoms with Crippen molar-refractivity contribution in [2.45, 2.75) is 51.7 Å². The van der Waals surface area contributed by atoms with E-state index in [4.69, 9.17) is 14.7 Å². The van der Waals surface area contributed by atoms with Gasteiger partial charge >= 0.3 is 5.97 Å². The Labute approximate surface area is 191 Å². The predicted molar refractivity (Wildman–Crippen MR) is 123 cm³/mol. The zero-order valence-corrected chi connectivity index (χ0v) is 19.3. The number of aliphatic hydroxyl groups is 2. The molecule has 2 fully saturated rings. The monoisotopic (exact) mass is 462 g/mol. The molecule has 3 N–H and O–H groups in total. The quantitative estimate of drug-likeness (QED) is 0.550. The molecule has 2 aromatic heterocycles. The summed E-state index contributed by atoms with van der Waals surface area (Å²) in [5.74, 6) is 1.59. The second kappa shape index (κ2) is 9.97. The summed E-state index contributed by atoms with van der Waals surface area (Å²) in [5, 5.41) is 23.4. The van der Waals surface area contributed by atoms with E-state index < -0.39 is 0 Å². The van der Waals surface area contributed by atoms with Gasteiger partial charge in [-0.05, 0) is 39.5 Å². The zero-order chi connectivity index (χ0) is 22.7. The zero-order valence-electron chi connectivity index (χ0n) is 18.5. The highest BCUT2D eigenvalue weighted by Gasteiger charge is 2.24. The van der Waals surface area contributed by atoms with E-state index in [2.05, 4.69) is 20.1 Å². The molecular weight excluding hydrogens is 432 g/mol. The molecule has 0 atom stereocenters. The largest absolute Gasteiger partial charge is 0.462 e. The van der Waals surface area contributed by atoms with E-state index in [1.807, 2.05) is 6.07 Å². The van der Waals surface area contributed by atoms with Gasteiger partial charge in [-0.2, -0.15) is 9.97 Å². The van der Waals surface area contributed by atoms with Crippen molar-refractivity contribution in [3.63, 3.8) is 0 Å². The van der Waals surface area contributed by atoms with Crippen LogP contribution in [0.2, 0.25) is 0 Å². The van der Waals surface area contributed by atoms with Gasteiger partial charge in [0.25, 0.3) is 0 Å². The number of carbonyl (C=O) groups excluding carboxylic acids is 1. The summed E-state index contributed by atoms with van der Waals surface area (Å²) in [4.78, 5) is 30.8. The fourth-order valence-electron chi connectivity index (χ4n) is 3.92. The lowest BCUT2D eigenvalue weighted by Gasteiger charge is -2.33. The van der Waals surface area contributed by atoms with Crippen LogP contribution in [0, 0.1) is 6.92 Å². The van der Waals surface area contributed by atoms with Crippen LogP contribution in [0.4, 0.5) is 22.7 Å². The molecular formula is C21H30N6O4S. The Balaban J connectivity index is 1.60. The molecule has 4 rings (SSSR count). The molecule has 11 heteroatoms. The summed E-state index contributed by atoms with van der Waals surface area (Å²) < 4.78 is 5.10. The Morgan fingerprint density at radius 2 is 1.59 bits per heavy atom. The van der Waals surface area contributed by atoms with Crippen LogP contribution >= 0.6 is 11.3 Å². The third-order valence-electron chi connectivity index (χ3n) is 5.75. The number of rotatable bonds is 6. The van der Waals surface area contributed by atoms with Crippen LogP contribution in [0.3, 0.4) is 0 Å². The second-order valence-electron chi connectivity index (χ2n) is 8.12. The van der Waals surface area contributed by atoms with Gasteiger partial charge in [-0.1, -0.05) is 11.3 Å². The molecule has 0 aromatic carbocycles. The van der Waals surface area contributed by atoms with E-state index in [-0.39, 0.29) is 18.2 Å². The van der Waals surface area contributed by atoms with Crippen molar-refractivity contribution in [1.82, 2.24) is 15.0 Å². The number of piperidine rings is 2. The summed E-state index contributed by atoms with van der Waals surface area (Å²) in [6, 6.07) is 1.97. The molecule has 2 aromatic rings. The molecule has 174 valence electrons. The third-order valence-corrected chi connectivity index (χ3v) is 6.81. The van der Waals surface area contributed by atoms with E-state index in [0.717, 1.165) is 37.8 Å². The fourth-order valence-corrected chi connectivity index (χ4v) is 4.78. The van der Waals surface area contributed by atoms with Crippen LogP contribution in [0.15, 0.2) is 6.07 Å². The summed E-state index contributed by atoms with van der Waals surface area (Å²) in [6.45, 7) is 6.74. The van der Waals surface area contributed by atoms with Crippen molar-refractivity contribution >= 4 is 40.0 Å². The second-order valence-corrected chi connectivity index (χ2v) is 9.12. The first-order chi connectivity index (χ1) is 15.4. The van der Waals surface area contributed by atoms with Gasteiger partial charge in [0.15, 0.2) is 5.13 Å². The Kier molecular flexibility index (Phi) is 7.07. The lowest BCUT2D eigenvalue weighted by Crippen LogP contribution is -2.38. The SMILES string of the molecule is CCOC(=O)c1sc(Nc2nc(N3CCC(O)CC3)cc(N3CCC(O)CC3)n2)nc1C. The van der Waals surface area contributed by atoms with Crippen molar-refractivity contribution in [2.24, 2.45) is 0 Å². The Morgan fingerprint density at radius 1 is 1.06 bits per heavy atom. The first kappa shape index (κ1) is 22.7. The van der Waals surface area contributed by atoms with Crippen LogP contribution in [-0.2, 0) is 4.74 Å². The number of anilines is 4. The molecule has 4 heterocycles. The van der Waals surface area contributed by atoms with Gasteiger partial charge in [0.1, 0.15) is 16.5 Å². The van der Waals surface area contributed by atoms with E-state index in [0.29, 0.717) is 53.9 Å². The van der Waals surface area contributed by atoms with Gasteiger partial charge in [0, 0.05) is 32.2 Å². The Hall–Kier alpha value is -2.50. The van der Waals surface area contributed by atoms with Crippen molar-refractivity contribution in [1.29, 1.82) is 0 Å². The number of hydrogen-bond acceptors (Lipinski definition) is 11. The number of esters is 1. The van der Waals surface area contributed by atoms with E-state index in [1.54, 1.807) is 13.8 Å². The number of hydrogen-bond donors (Lipinski definition) is 3. The molecule has 0 radical (unpaired) electrons. The molecule has 32 heavy (non-hydrogen) atoms. The van der Waals surface area contributed by atoms with E-state index in [9.17, 15) is 15.0 Å². The maximum Gasteiger partial charge on any atom is 0.350 e. The van der Waals surface area contributed by atoms with Crippen molar-refractivity contribution in [2.75, 3.05) is 47.9 Å². The number of aromatic nitrogens is 3. The standard InChI is InChI=1S/C21H30N6O4S/c1-3-31-19(30)18-13(2)22-21(32-18)25-20-23-16(26-8-4-14(28)5-9-26)12-17(24-20)27-10-6-15(29)7-11-27/h12,14-15,28-29H,3-11H2,1-2H3,(H,22,23,24,25). The Bertz CT molecular complexity index is 898. The molecule has 10 nitrogen and oxygen atoms in total. The van der Waals surface area contributed by atoms with Crippen molar-refractivity contribution in [3.05, 3.63) is 16.6 Å². The first-order valence-corrected chi connectivity index (χ1v) is 11.9. The summed E-state index contributed by atoms with van der Waals surface area (Å²) in [7, 11) is 0. The highest BCUT2D eigenvalue weighted by atomic mass is 32.1. The molecule has 0 aliphatic carbocycles. The van der Waals surface area contributed by atoms with E-state index >= 15 is 0 Å². The van der Waals surface area contributed by atoms with Gasteiger partial charge in [0.05, 0.1) is 24.5 Å². The van der Waals surface area contributed by atoms with Crippen LogP contribution in [-0.4, -0.2) is 76.1 Å². The van der Waals surface area contributed by atoms with Gasteiger partial charge in [-0.15, -0.1) is 0 Å². The molecule has 0 unspecified atom stereocenters. The molecule has 0 spiro atoms. The van der Waals surface area contributed by atoms with Gasteiger partial charge < -0.3 is 24.7 Å². The van der Waals surface area contributed by atoms with Crippen molar-refractivity contribution in [3.8, 4) is 0 Å². The van der Waals surface area contributed by atoms with Gasteiger partial charge in [0.2, 0.25) is 5.95 Å². The first-order valence-electron chi connectivity index (χ1n) is 11.1. The van der Waals surface area contributed by atoms with Crippen LogP contribution in [0.5, 0.6) is 0 Å². The number of nitrogens with one attached hydrogen (secondary N) is 1. The topological polar surface area (TPSA) is 124 Å². The number of aryl methyl sites for hydroxylation is 1. The number of aliphatic hydroxyl groups excluding tert-OH is 2. The molecule has 0 amide bonds. The molecule has 0 bridgehead atoms. The lowest BCUT2D eigenvalue weighted by atomic mass is 10.1. The maximum absolute atomic E-state index is 12.1. The smallest absolute Gasteiger partial charge is 0.350 e. The minimum Gasteiger partial charge on any atom is -0.462 e. The van der Waals surface area contributed by atoms with Crippen LogP contribution in [0.1, 0.15) is 48.0 Å². The number of ether oxygens (including phenoxy) is 1. The maximum atomic E-state index is 12.1. The highest BCUT2D eigenvalue weighted by molar-refractivity contribution is 7.17. The number of nitrogens with zero attached hydrogens (tertiary/aromatic N) is 5. The molecule has 2 aliphatic heterocycles. The lowest BCUT2D eigenvalue weighted by molar-refractivity contribution is 0.0531. The average molecular weight is 463 g/mol. The minimum absolute atomic E-state index is 0.270. The van der Waals surface area contributed by atoms with Crippen molar-refractivity contribution < 1.29 is 19.7 Å². The minimum atomic E-state index is -0.385. The summed E-state index contributed by atoms with van der Waals surface area (Å²) in [6.07, 6.45) is 2.26. The number of thiazole rings is 1. The average Bonchev–Trinajstić information content (AvgIpc) is 3.14. The molecule has 2 saturated heterocycles. The Morgan fingerprint density at radius 3 is 2.09 bits per heavy atom. The van der Waals surface area contributed by atoms with E-state index in [1.165, 1.54) is 11.3 Å². The molecule has 2 aliphatic rings. The fraction of sp³-hybridized carbons (Fsp3) is 0.619. The normalized spacial score (nSPS) is 18.1. The highest BCUT2D eigenvalue weighted by Crippen LogP contribution is 2.29. The van der Waals surface area contributed by atoms with Gasteiger partial charge in [-0.3, -0.25) is 5.32 Å². The van der Waals surface area contributed by atoms with Crippen LogP contribution < -0.4 is 15.1 Å². The number of carbonyl (C=O) groups is 1. The third kappa shape index (κ3) is 5.28. The summed E-state index contributed by atoms with van der Waals surface area (Å²) >= 11 is 1.22. The van der Waals surface area contributed by atoms with Crippen LogP contribution in [0.25, 0.3) is 0 Å².